The summed E-state index contributed by atoms with van der Waals surface area (Å²) in [5, 5.41) is 15.1. The van der Waals surface area contributed by atoms with Crippen LogP contribution in [-0.4, -0.2) is 47.0 Å². The number of anilines is 1. The largest absolute Gasteiger partial charge is 0.451 e. The summed E-state index contributed by atoms with van der Waals surface area (Å²) in [5.41, 5.74) is 1.27. The molecule has 0 aliphatic carbocycles. The summed E-state index contributed by atoms with van der Waals surface area (Å²) < 4.78 is 5.67. The molecule has 0 unspecified atom stereocenters. The normalized spacial score (nSPS) is 13.6. The monoisotopic (exact) mass is 538 g/mol. The van der Waals surface area contributed by atoms with E-state index in [1.165, 1.54) is 12.1 Å². The molecular weight excluding hydrogens is 523 g/mol. The van der Waals surface area contributed by atoms with E-state index in [9.17, 15) is 14.9 Å². The van der Waals surface area contributed by atoms with Gasteiger partial charge in [-0.05, 0) is 48.6 Å². The molecule has 1 aromatic heterocycles. The number of rotatable bonds is 4. The van der Waals surface area contributed by atoms with Crippen molar-refractivity contribution in [3.63, 3.8) is 0 Å². The Morgan fingerprint density at radius 1 is 1.00 bits per heavy atom. The number of piperazine rings is 1. The summed E-state index contributed by atoms with van der Waals surface area (Å²) in [5.74, 6) is 0.0631. The summed E-state index contributed by atoms with van der Waals surface area (Å²) in [6.07, 6.45) is 0. The molecule has 1 amide bonds. The molecule has 0 spiro atoms. The smallest absolute Gasteiger partial charge is 0.293 e. The topological polar surface area (TPSA) is 91.9 Å². The quantitative estimate of drug-likeness (QED) is 0.260. The van der Waals surface area contributed by atoms with E-state index >= 15 is 0 Å². The Morgan fingerprint density at radius 3 is 2.38 bits per heavy atom. The minimum Gasteiger partial charge on any atom is -0.451 e. The molecule has 2 aromatic carbocycles. The number of nitrogens with one attached hydrogen (secondary N) is 1. The molecule has 3 aromatic rings. The summed E-state index contributed by atoms with van der Waals surface area (Å²) in [4.78, 5) is 26.9. The molecule has 12 heteroatoms. The average Bonchev–Trinajstić information content (AvgIpc) is 3.29. The van der Waals surface area contributed by atoms with Crippen LogP contribution in [0.4, 0.5) is 11.4 Å². The van der Waals surface area contributed by atoms with Gasteiger partial charge in [0.2, 0.25) is 0 Å². The molecule has 0 radical (unpaired) electrons. The molecular formula is C22H17Cl3N4O4S. The fourth-order valence-electron chi connectivity index (χ4n) is 3.55. The summed E-state index contributed by atoms with van der Waals surface area (Å²) in [6.45, 7) is 2.23. The highest BCUT2D eigenvalue weighted by atomic mass is 35.5. The highest BCUT2D eigenvalue weighted by molar-refractivity contribution is 7.80. The van der Waals surface area contributed by atoms with Crippen molar-refractivity contribution >= 4 is 69.4 Å². The van der Waals surface area contributed by atoms with E-state index in [1.807, 2.05) is 9.80 Å². The third kappa shape index (κ3) is 5.28. The first kappa shape index (κ1) is 24.3. The van der Waals surface area contributed by atoms with Crippen molar-refractivity contribution in [3.8, 4) is 11.3 Å². The minimum atomic E-state index is -0.485. The first-order valence-corrected chi connectivity index (χ1v) is 11.6. The highest BCUT2D eigenvalue weighted by Crippen LogP contribution is 2.32. The Morgan fingerprint density at radius 2 is 1.74 bits per heavy atom. The second-order valence-corrected chi connectivity index (χ2v) is 9.05. The Bertz CT molecular complexity index is 1270. The summed E-state index contributed by atoms with van der Waals surface area (Å²) in [7, 11) is 0. The van der Waals surface area contributed by atoms with Gasteiger partial charge in [0.05, 0.1) is 20.7 Å². The minimum absolute atomic E-state index is 0.0595. The summed E-state index contributed by atoms with van der Waals surface area (Å²) in [6, 6.07) is 12.6. The molecule has 1 N–H and O–H groups in total. The zero-order valence-corrected chi connectivity index (χ0v) is 20.5. The van der Waals surface area contributed by atoms with E-state index in [1.54, 1.807) is 36.4 Å². The van der Waals surface area contributed by atoms with Gasteiger partial charge in [0.15, 0.2) is 10.9 Å². The standard InChI is InChI=1S/C22H17Cl3N4O4S/c23-13-1-3-15(16(24)11-13)19-5-6-20(33-19)21(30)26-22(34)28-9-7-27(8-10-28)18-4-2-14(29(31)32)12-17(18)25/h1-6,11-12H,7-10H2,(H,26,30,34). The Hall–Kier alpha value is -2.85. The van der Waals surface area contributed by atoms with Gasteiger partial charge in [0.25, 0.3) is 11.6 Å². The van der Waals surface area contributed by atoms with E-state index in [0.29, 0.717) is 58.3 Å². The van der Waals surface area contributed by atoms with Crippen LogP contribution in [0.2, 0.25) is 15.1 Å². The number of furan rings is 1. The van der Waals surface area contributed by atoms with Crippen molar-refractivity contribution in [1.29, 1.82) is 0 Å². The lowest BCUT2D eigenvalue weighted by Crippen LogP contribution is -2.52. The first-order chi connectivity index (χ1) is 16.2. The van der Waals surface area contributed by atoms with Crippen LogP contribution in [-0.2, 0) is 0 Å². The summed E-state index contributed by atoms with van der Waals surface area (Å²) >= 11 is 23.8. The van der Waals surface area contributed by atoms with Crippen molar-refractivity contribution in [2.45, 2.75) is 0 Å². The zero-order valence-electron chi connectivity index (χ0n) is 17.5. The molecule has 0 bridgehead atoms. The lowest BCUT2D eigenvalue weighted by molar-refractivity contribution is -0.384. The maximum atomic E-state index is 12.6. The van der Waals surface area contributed by atoms with Crippen LogP contribution in [0.15, 0.2) is 52.9 Å². The van der Waals surface area contributed by atoms with Gasteiger partial charge in [-0.25, -0.2) is 0 Å². The maximum absolute atomic E-state index is 12.6. The number of benzene rings is 2. The zero-order chi connectivity index (χ0) is 24.4. The van der Waals surface area contributed by atoms with Crippen LogP contribution in [0.1, 0.15) is 10.6 Å². The van der Waals surface area contributed by atoms with Crippen LogP contribution >= 0.6 is 47.0 Å². The van der Waals surface area contributed by atoms with E-state index in [0.717, 1.165) is 0 Å². The van der Waals surface area contributed by atoms with E-state index < -0.39 is 10.8 Å². The molecule has 34 heavy (non-hydrogen) atoms. The van der Waals surface area contributed by atoms with Crippen LogP contribution in [0, 0.1) is 10.1 Å². The third-order valence-corrected chi connectivity index (χ3v) is 6.51. The predicted molar refractivity (Wildman–Crippen MR) is 136 cm³/mol. The van der Waals surface area contributed by atoms with Crippen LogP contribution < -0.4 is 10.2 Å². The maximum Gasteiger partial charge on any atom is 0.293 e. The number of halogens is 3. The van der Waals surface area contributed by atoms with Gasteiger partial charge in [-0.2, -0.15) is 0 Å². The molecule has 1 fully saturated rings. The van der Waals surface area contributed by atoms with Crippen molar-refractivity contribution in [1.82, 2.24) is 10.2 Å². The lowest BCUT2D eigenvalue weighted by Gasteiger charge is -2.37. The van der Waals surface area contributed by atoms with Crippen molar-refractivity contribution in [2.75, 3.05) is 31.1 Å². The number of carbonyl (C=O) groups excluding carboxylic acids is 1. The van der Waals surface area contributed by atoms with Gasteiger partial charge in [-0.3, -0.25) is 20.2 Å². The van der Waals surface area contributed by atoms with Crippen LogP contribution in [0.25, 0.3) is 11.3 Å². The Kier molecular flexibility index (Phi) is 7.27. The van der Waals surface area contributed by atoms with Gasteiger partial charge < -0.3 is 14.2 Å². The fourth-order valence-corrected chi connectivity index (χ4v) is 4.62. The lowest BCUT2D eigenvalue weighted by atomic mass is 10.2. The number of carbonyl (C=O) groups is 1. The number of nitro benzene ring substituents is 1. The second kappa shape index (κ2) is 10.2. The molecule has 8 nitrogen and oxygen atoms in total. The van der Waals surface area contributed by atoms with E-state index in [-0.39, 0.29) is 16.6 Å². The molecule has 1 saturated heterocycles. The predicted octanol–water partition coefficient (Wildman–Crippen LogP) is 5.65. The van der Waals surface area contributed by atoms with Gasteiger partial charge >= 0.3 is 0 Å². The average molecular weight is 540 g/mol. The Labute approximate surface area is 215 Å². The Balaban J connectivity index is 1.35. The number of hydrogen-bond acceptors (Lipinski definition) is 6. The van der Waals surface area contributed by atoms with Gasteiger partial charge in [0.1, 0.15) is 5.76 Å². The number of non-ortho nitro benzene ring substituents is 1. The van der Waals surface area contributed by atoms with Crippen LogP contribution in [0.3, 0.4) is 0 Å². The van der Waals surface area contributed by atoms with Gasteiger partial charge in [0, 0.05) is 48.9 Å². The fraction of sp³-hybridized carbons (Fsp3) is 0.182. The number of hydrogen-bond donors (Lipinski definition) is 1. The molecule has 2 heterocycles. The third-order valence-electron chi connectivity index (χ3n) is 5.30. The first-order valence-electron chi connectivity index (χ1n) is 10.1. The number of nitrogens with zero attached hydrogens (tertiary/aromatic N) is 3. The van der Waals surface area contributed by atoms with Crippen molar-refractivity contribution in [2.24, 2.45) is 0 Å². The van der Waals surface area contributed by atoms with E-state index in [2.05, 4.69) is 5.32 Å². The number of amides is 1. The van der Waals surface area contributed by atoms with Crippen LogP contribution in [0.5, 0.6) is 0 Å². The van der Waals surface area contributed by atoms with Gasteiger partial charge in [-0.15, -0.1) is 0 Å². The molecule has 1 aliphatic heterocycles. The number of thiocarbonyl (C=S) groups is 1. The molecule has 4 rings (SSSR count). The molecule has 0 atom stereocenters. The highest BCUT2D eigenvalue weighted by Gasteiger charge is 2.24. The molecule has 176 valence electrons. The number of nitro groups is 1. The van der Waals surface area contributed by atoms with Crippen molar-refractivity contribution in [3.05, 3.63) is 79.5 Å². The SMILES string of the molecule is O=C(NC(=S)N1CCN(c2ccc([N+](=O)[O-])cc2Cl)CC1)c1ccc(-c2ccc(Cl)cc2Cl)o1. The van der Waals surface area contributed by atoms with Crippen molar-refractivity contribution < 1.29 is 14.1 Å². The second-order valence-electron chi connectivity index (χ2n) is 7.41. The van der Waals surface area contributed by atoms with E-state index in [4.69, 9.17) is 51.4 Å². The molecule has 0 saturated carbocycles. The molecule has 1 aliphatic rings. The van der Waals surface area contributed by atoms with Gasteiger partial charge in [-0.1, -0.05) is 34.8 Å².